The van der Waals surface area contributed by atoms with Crippen LogP contribution in [0.1, 0.15) is 41.3 Å². The molecule has 5 nitrogen and oxygen atoms in total. The molecule has 0 fully saturated rings. The van der Waals surface area contributed by atoms with Crippen molar-refractivity contribution < 1.29 is 4.79 Å². The lowest BCUT2D eigenvalue weighted by Crippen LogP contribution is -2.13. The maximum Gasteiger partial charge on any atom is 0.256 e. The lowest BCUT2D eigenvalue weighted by molar-refractivity contribution is 0.102. The first kappa shape index (κ1) is 12.8. The normalized spacial score (nSPS) is 10.2. The van der Waals surface area contributed by atoms with Gasteiger partial charge in [0.1, 0.15) is 17.5 Å². The van der Waals surface area contributed by atoms with Crippen molar-refractivity contribution in [2.24, 2.45) is 0 Å². The molecule has 0 atom stereocenters. The number of hydrogen-bond donors (Lipinski definition) is 2. The van der Waals surface area contributed by atoms with Crippen molar-refractivity contribution in [3.63, 3.8) is 0 Å². The number of hydrogen-bond acceptors (Lipinski definition) is 3. The Morgan fingerprint density at radius 2 is 2.05 bits per heavy atom. The summed E-state index contributed by atoms with van der Waals surface area (Å²) in [6.45, 7) is 4.19. The number of rotatable bonds is 3. The summed E-state index contributed by atoms with van der Waals surface area (Å²) < 4.78 is 0. The van der Waals surface area contributed by atoms with Gasteiger partial charge in [0.05, 0.1) is 6.20 Å². The van der Waals surface area contributed by atoms with Crippen LogP contribution in [0.4, 0.5) is 5.82 Å². The highest BCUT2D eigenvalue weighted by molar-refractivity contribution is 6.04. The summed E-state index contributed by atoms with van der Waals surface area (Å²) in [7, 11) is 0. The van der Waals surface area contributed by atoms with Crippen molar-refractivity contribution in [3.05, 3.63) is 47.2 Å². The Morgan fingerprint density at radius 3 is 2.63 bits per heavy atom. The standard InChI is InChI=1S/C14H14N4O/c1-9(2)10-3-5-11(6-4-10)14(19)17-13-12(7-15)8-16-18-13/h3-6,8-9H,1-2H3,(H2,16,17,18,19). The van der Waals surface area contributed by atoms with E-state index >= 15 is 0 Å². The van der Waals surface area contributed by atoms with E-state index in [0.29, 0.717) is 22.9 Å². The zero-order valence-electron chi connectivity index (χ0n) is 10.8. The summed E-state index contributed by atoms with van der Waals surface area (Å²) in [6.07, 6.45) is 1.37. The number of anilines is 1. The van der Waals surface area contributed by atoms with Gasteiger partial charge in [0.2, 0.25) is 0 Å². The third-order valence-electron chi connectivity index (χ3n) is 2.84. The molecule has 2 N–H and O–H groups in total. The van der Waals surface area contributed by atoms with Gasteiger partial charge in [-0.2, -0.15) is 10.4 Å². The summed E-state index contributed by atoms with van der Waals surface area (Å²) in [5.74, 6) is 0.478. The van der Waals surface area contributed by atoms with Crippen LogP contribution in [0.2, 0.25) is 0 Å². The topological polar surface area (TPSA) is 81.6 Å². The fourth-order valence-electron chi connectivity index (χ4n) is 1.67. The minimum Gasteiger partial charge on any atom is -0.306 e. The number of nitrogens with one attached hydrogen (secondary N) is 2. The second kappa shape index (κ2) is 5.36. The predicted molar refractivity (Wildman–Crippen MR) is 71.8 cm³/mol. The van der Waals surface area contributed by atoms with E-state index in [0.717, 1.165) is 0 Å². The Labute approximate surface area is 111 Å². The highest BCUT2D eigenvalue weighted by Crippen LogP contribution is 2.16. The zero-order valence-corrected chi connectivity index (χ0v) is 10.8. The SMILES string of the molecule is CC(C)c1ccc(C(=O)Nc2[nH]ncc2C#N)cc1. The van der Waals surface area contributed by atoms with Crippen LogP contribution in [-0.4, -0.2) is 16.1 Å². The molecule has 1 amide bonds. The lowest BCUT2D eigenvalue weighted by atomic mass is 10.0. The average molecular weight is 254 g/mol. The first-order valence-corrected chi connectivity index (χ1v) is 5.96. The Kier molecular flexibility index (Phi) is 3.62. The van der Waals surface area contributed by atoms with Gasteiger partial charge in [-0.15, -0.1) is 0 Å². The van der Waals surface area contributed by atoms with Crippen LogP contribution in [-0.2, 0) is 0 Å². The van der Waals surface area contributed by atoms with E-state index in [1.165, 1.54) is 11.8 Å². The third kappa shape index (κ3) is 2.80. The van der Waals surface area contributed by atoms with Crippen LogP contribution in [0.15, 0.2) is 30.5 Å². The molecule has 96 valence electrons. The van der Waals surface area contributed by atoms with Crippen molar-refractivity contribution in [1.82, 2.24) is 10.2 Å². The highest BCUT2D eigenvalue weighted by Gasteiger charge is 2.10. The lowest BCUT2D eigenvalue weighted by Gasteiger charge is -2.07. The predicted octanol–water partition coefficient (Wildman–Crippen LogP) is 2.66. The molecule has 0 aliphatic heterocycles. The quantitative estimate of drug-likeness (QED) is 0.883. The number of aromatic nitrogens is 2. The van der Waals surface area contributed by atoms with Crippen LogP contribution in [0.25, 0.3) is 0 Å². The Bertz CT molecular complexity index is 620. The van der Waals surface area contributed by atoms with E-state index in [1.54, 1.807) is 12.1 Å². The Balaban J connectivity index is 2.14. The molecule has 0 unspecified atom stereocenters. The average Bonchev–Trinajstić information content (AvgIpc) is 2.86. The molecule has 0 spiro atoms. The van der Waals surface area contributed by atoms with Crippen molar-refractivity contribution in [2.45, 2.75) is 19.8 Å². The summed E-state index contributed by atoms with van der Waals surface area (Å²) in [5.41, 5.74) is 2.03. The summed E-state index contributed by atoms with van der Waals surface area (Å²) >= 11 is 0. The van der Waals surface area contributed by atoms with Gasteiger partial charge < -0.3 is 5.32 Å². The number of H-pyrrole nitrogens is 1. The van der Waals surface area contributed by atoms with Crippen molar-refractivity contribution >= 4 is 11.7 Å². The minimum atomic E-state index is -0.268. The van der Waals surface area contributed by atoms with Crippen LogP contribution < -0.4 is 5.32 Å². The van der Waals surface area contributed by atoms with Crippen molar-refractivity contribution in [2.75, 3.05) is 5.32 Å². The van der Waals surface area contributed by atoms with E-state index in [1.807, 2.05) is 18.2 Å². The van der Waals surface area contributed by atoms with Gasteiger partial charge >= 0.3 is 0 Å². The maximum absolute atomic E-state index is 12.0. The molecule has 2 rings (SSSR count). The highest BCUT2D eigenvalue weighted by atomic mass is 16.1. The van der Waals surface area contributed by atoms with Crippen molar-refractivity contribution in [3.8, 4) is 6.07 Å². The third-order valence-corrected chi connectivity index (χ3v) is 2.84. The van der Waals surface area contributed by atoms with E-state index < -0.39 is 0 Å². The van der Waals surface area contributed by atoms with Gasteiger partial charge in [0.15, 0.2) is 0 Å². The number of amides is 1. The number of nitrogens with zero attached hydrogens (tertiary/aromatic N) is 2. The van der Waals surface area contributed by atoms with E-state index in [-0.39, 0.29) is 5.91 Å². The van der Waals surface area contributed by atoms with Gasteiger partial charge in [-0.3, -0.25) is 9.89 Å². The summed E-state index contributed by atoms with van der Waals surface area (Å²) in [5, 5.41) is 17.8. The summed E-state index contributed by atoms with van der Waals surface area (Å²) in [4.78, 5) is 12.0. The molecule has 5 heteroatoms. The van der Waals surface area contributed by atoms with Crippen molar-refractivity contribution in [1.29, 1.82) is 5.26 Å². The zero-order chi connectivity index (χ0) is 13.8. The molecule has 0 saturated heterocycles. The molecule has 1 aromatic heterocycles. The second-order valence-corrected chi connectivity index (χ2v) is 4.50. The number of aromatic amines is 1. The van der Waals surface area contributed by atoms with Gasteiger partial charge in [-0.25, -0.2) is 0 Å². The molecule has 0 aliphatic carbocycles. The largest absolute Gasteiger partial charge is 0.306 e. The minimum absolute atomic E-state index is 0.268. The second-order valence-electron chi connectivity index (χ2n) is 4.50. The van der Waals surface area contributed by atoms with E-state index in [4.69, 9.17) is 5.26 Å². The van der Waals surface area contributed by atoms with Gasteiger partial charge in [-0.05, 0) is 23.6 Å². The molecule has 0 aliphatic rings. The van der Waals surface area contributed by atoms with Crippen LogP contribution in [0.3, 0.4) is 0 Å². The fourth-order valence-corrected chi connectivity index (χ4v) is 1.67. The molecular weight excluding hydrogens is 240 g/mol. The molecular formula is C14H14N4O. The van der Waals surface area contributed by atoms with Crippen LogP contribution in [0.5, 0.6) is 0 Å². The molecule has 0 bridgehead atoms. The Hall–Kier alpha value is -2.61. The monoisotopic (exact) mass is 254 g/mol. The maximum atomic E-state index is 12.0. The van der Waals surface area contributed by atoms with E-state index in [9.17, 15) is 4.79 Å². The van der Waals surface area contributed by atoms with Crippen LogP contribution >= 0.6 is 0 Å². The molecule has 1 heterocycles. The first-order chi connectivity index (χ1) is 9.11. The van der Waals surface area contributed by atoms with Gasteiger partial charge in [-0.1, -0.05) is 26.0 Å². The number of carbonyl (C=O) groups excluding carboxylic acids is 1. The Morgan fingerprint density at radius 1 is 1.37 bits per heavy atom. The fraction of sp³-hybridized carbons (Fsp3) is 0.214. The molecule has 1 aromatic carbocycles. The molecule has 0 saturated carbocycles. The first-order valence-electron chi connectivity index (χ1n) is 5.96. The molecule has 0 radical (unpaired) electrons. The number of carbonyl (C=O) groups is 1. The molecule has 19 heavy (non-hydrogen) atoms. The van der Waals surface area contributed by atoms with Gasteiger partial charge in [0.25, 0.3) is 5.91 Å². The van der Waals surface area contributed by atoms with E-state index in [2.05, 4.69) is 29.4 Å². The number of benzene rings is 1. The molecule has 2 aromatic rings. The smallest absolute Gasteiger partial charge is 0.256 e. The number of nitriles is 1. The van der Waals surface area contributed by atoms with Gasteiger partial charge in [0, 0.05) is 5.56 Å². The summed E-state index contributed by atoms with van der Waals surface area (Å²) in [6, 6.07) is 9.35. The van der Waals surface area contributed by atoms with Crippen LogP contribution in [0, 0.1) is 11.3 Å².